The minimum absolute atomic E-state index is 0.228. The van der Waals surface area contributed by atoms with Crippen LogP contribution in [-0.4, -0.2) is 43.3 Å². The number of hydrogen-bond donors (Lipinski definition) is 0. The van der Waals surface area contributed by atoms with Crippen molar-refractivity contribution in [2.45, 2.75) is 26.4 Å². The van der Waals surface area contributed by atoms with Crippen LogP contribution in [0.2, 0.25) is 0 Å². The van der Waals surface area contributed by atoms with Crippen LogP contribution in [0.25, 0.3) is 0 Å². The number of benzene rings is 1. The average Bonchev–Trinajstić information content (AvgIpc) is 2.89. The van der Waals surface area contributed by atoms with Gasteiger partial charge in [-0.3, -0.25) is 4.90 Å². The molecule has 1 saturated heterocycles. The molecule has 1 aromatic rings. The first kappa shape index (κ1) is 16.9. The molecule has 0 aliphatic carbocycles. The Labute approximate surface area is 135 Å². The Morgan fingerprint density at radius 3 is 2.70 bits per heavy atom. The van der Waals surface area contributed by atoms with E-state index >= 15 is 0 Å². The van der Waals surface area contributed by atoms with Crippen LogP contribution in [0.15, 0.2) is 35.9 Å². The summed E-state index contributed by atoms with van der Waals surface area (Å²) in [5, 5.41) is 0. The SMILES string of the molecule is CCOC(=O)/C(C)=C/[C@@H]1COC(=O)N1Cc1ccc(OC)cc1. The molecule has 124 valence electrons. The van der Waals surface area contributed by atoms with E-state index in [4.69, 9.17) is 14.2 Å². The number of amides is 1. The topological polar surface area (TPSA) is 65.1 Å². The van der Waals surface area contributed by atoms with Crippen LogP contribution < -0.4 is 4.74 Å². The third-order valence-corrected chi connectivity index (χ3v) is 3.56. The second-order valence-electron chi connectivity index (χ2n) is 5.19. The highest BCUT2D eigenvalue weighted by Gasteiger charge is 2.32. The van der Waals surface area contributed by atoms with Crippen molar-refractivity contribution < 1.29 is 23.8 Å². The van der Waals surface area contributed by atoms with Crippen LogP contribution in [0.3, 0.4) is 0 Å². The number of cyclic esters (lactones) is 1. The van der Waals surface area contributed by atoms with Gasteiger partial charge in [0, 0.05) is 12.1 Å². The third kappa shape index (κ3) is 4.25. The Morgan fingerprint density at radius 1 is 1.39 bits per heavy atom. The molecule has 0 spiro atoms. The molecular formula is C17H21NO5. The maximum atomic E-state index is 11.9. The van der Waals surface area contributed by atoms with Gasteiger partial charge in [-0.1, -0.05) is 12.1 Å². The smallest absolute Gasteiger partial charge is 0.410 e. The lowest BCUT2D eigenvalue weighted by molar-refractivity contribution is -0.138. The molecule has 0 aromatic heterocycles. The molecule has 1 aliphatic heterocycles. The number of ether oxygens (including phenoxy) is 3. The Kier molecular flexibility index (Phi) is 5.62. The molecule has 6 nitrogen and oxygen atoms in total. The Bertz CT molecular complexity index is 594. The van der Waals surface area contributed by atoms with Gasteiger partial charge in [-0.2, -0.15) is 0 Å². The molecule has 1 aromatic carbocycles. The molecule has 0 bridgehead atoms. The minimum atomic E-state index is -0.390. The molecular weight excluding hydrogens is 298 g/mol. The molecule has 0 unspecified atom stereocenters. The van der Waals surface area contributed by atoms with Gasteiger partial charge in [0.2, 0.25) is 0 Å². The van der Waals surface area contributed by atoms with E-state index in [2.05, 4.69) is 0 Å². The molecule has 1 aliphatic rings. The first-order chi connectivity index (χ1) is 11.0. The number of hydrogen-bond acceptors (Lipinski definition) is 5. The van der Waals surface area contributed by atoms with E-state index in [9.17, 15) is 9.59 Å². The predicted octanol–water partition coefficient (Wildman–Crippen LogP) is 2.53. The highest BCUT2D eigenvalue weighted by molar-refractivity contribution is 5.88. The van der Waals surface area contributed by atoms with Crippen LogP contribution in [0.4, 0.5) is 4.79 Å². The highest BCUT2D eigenvalue weighted by atomic mass is 16.6. The number of carbonyl (C=O) groups is 2. The lowest BCUT2D eigenvalue weighted by atomic mass is 10.1. The monoisotopic (exact) mass is 319 g/mol. The van der Waals surface area contributed by atoms with Gasteiger partial charge in [-0.15, -0.1) is 0 Å². The fraction of sp³-hybridized carbons (Fsp3) is 0.412. The number of rotatable bonds is 6. The zero-order chi connectivity index (χ0) is 16.8. The standard InChI is InChI=1S/C17H21NO5/c1-4-22-16(19)12(2)9-14-11-23-17(20)18(14)10-13-5-7-15(21-3)8-6-13/h5-9,14H,4,10-11H2,1-3H3/b12-9+/t14-/m1/s1. The minimum Gasteiger partial charge on any atom is -0.497 e. The summed E-state index contributed by atoms with van der Waals surface area (Å²) in [6.07, 6.45) is 1.32. The summed E-state index contributed by atoms with van der Waals surface area (Å²) in [7, 11) is 1.60. The van der Waals surface area contributed by atoms with Crippen LogP contribution >= 0.6 is 0 Å². The van der Waals surface area contributed by atoms with Crippen molar-refractivity contribution in [3.8, 4) is 5.75 Å². The largest absolute Gasteiger partial charge is 0.497 e. The quantitative estimate of drug-likeness (QED) is 0.595. The Hall–Kier alpha value is -2.50. The fourth-order valence-electron chi connectivity index (χ4n) is 2.31. The van der Waals surface area contributed by atoms with E-state index in [1.807, 2.05) is 24.3 Å². The first-order valence-electron chi connectivity index (χ1n) is 7.47. The van der Waals surface area contributed by atoms with Gasteiger partial charge in [0.05, 0.1) is 19.8 Å². The Morgan fingerprint density at radius 2 is 2.09 bits per heavy atom. The van der Waals surface area contributed by atoms with Gasteiger partial charge in [0.25, 0.3) is 0 Å². The summed E-state index contributed by atoms with van der Waals surface area (Å²) >= 11 is 0. The molecule has 1 amide bonds. The molecule has 23 heavy (non-hydrogen) atoms. The van der Waals surface area contributed by atoms with Gasteiger partial charge < -0.3 is 14.2 Å². The molecule has 0 saturated carbocycles. The van der Waals surface area contributed by atoms with Crippen molar-refractivity contribution in [3.05, 3.63) is 41.5 Å². The molecule has 0 radical (unpaired) electrons. The number of nitrogens with zero attached hydrogens (tertiary/aromatic N) is 1. The lowest BCUT2D eigenvalue weighted by Crippen LogP contribution is -2.32. The van der Waals surface area contributed by atoms with Crippen LogP contribution in [0, 0.1) is 0 Å². The third-order valence-electron chi connectivity index (χ3n) is 3.56. The van der Waals surface area contributed by atoms with Crippen LogP contribution in [0.1, 0.15) is 19.4 Å². The van der Waals surface area contributed by atoms with Crippen molar-refractivity contribution in [2.75, 3.05) is 20.3 Å². The maximum Gasteiger partial charge on any atom is 0.410 e. The summed E-state index contributed by atoms with van der Waals surface area (Å²) in [4.78, 5) is 25.2. The maximum absolute atomic E-state index is 11.9. The van der Waals surface area contributed by atoms with E-state index in [0.717, 1.165) is 11.3 Å². The van der Waals surface area contributed by atoms with Gasteiger partial charge in [0.1, 0.15) is 12.4 Å². The van der Waals surface area contributed by atoms with E-state index in [1.165, 1.54) is 0 Å². The zero-order valence-electron chi connectivity index (χ0n) is 13.6. The van der Waals surface area contributed by atoms with Gasteiger partial charge in [-0.05, 0) is 37.6 Å². The summed E-state index contributed by atoms with van der Waals surface area (Å²) < 4.78 is 15.2. The molecule has 1 heterocycles. The second kappa shape index (κ2) is 7.67. The number of methoxy groups -OCH3 is 1. The van der Waals surface area contributed by atoms with E-state index in [0.29, 0.717) is 18.7 Å². The summed E-state index contributed by atoms with van der Waals surface area (Å²) in [5.41, 5.74) is 1.42. The van der Waals surface area contributed by atoms with Crippen molar-refractivity contribution in [1.29, 1.82) is 0 Å². The van der Waals surface area contributed by atoms with Crippen LogP contribution in [-0.2, 0) is 20.8 Å². The van der Waals surface area contributed by atoms with Crippen molar-refractivity contribution in [1.82, 2.24) is 4.90 Å². The zero-order valence-corrected chi connectivity index (χ0v) is 13.6. The molecule has 1 fully saturated rings. The first-order valence-corrected chi connectivity index (χ1v) is 7.47. The van der Waals surface area contributed by atoms with Crippen molar-refractivity contribution in [2.24, 2.45) is 0 Å². The predicted molar refractivity (Wildman–Crippen MR) is 84.1 cm³/mol. The van der Waals surface area contributed by atoms with E-state index in [1.54, 1.807) is 31.9 Å². The summed E-state index contributed by atoms with van der Waals surface area (Å²) in [6, 6.07) is 7.18. The van der Waals surface area contributed by atoms with E-state index < -0.39 is 6.09 Å². The van der Waals surface area contributed by atoms with Crippen molar-refractivity contribution >= 4 is 12.1 Å². The van der Waals surface area contributed by atoms with Gasteiger partial charge >= 0.3 is 12.1 Å². The van der Waals surface area contributed by atoms with Gasteiger partial charge in [-0.25, -0.2) is 9.59 Å². The van der Waals surface area contributed by atoms with Gasteiger partial charge in [0.15, 0.2) is 0 Å². The van der Waals surface area contributed by atoms with E-state index in [-0.39, 0.29) is 18.6 Å². The molecule has 6 heteroatoms. The normalized spacial score (nSPS) is 17.9. The molecule has 2 rings (SSSR count). The highest BCUT2D eigenvalue weighted by Crippen LogP contribution is 2.20. The Balaban J connectivity index is 2.09. The summed E-state index contributed by atoms with van der Waals surface area (Å²) in [5.74, 6) is 0.378. The fourth-order valence-corrected chi connectivity index (χ4v) is 2.31. The van der Waals surface area contributed by atoms with Crippen LogP contribution in [0.5, 0.6) is 5.75 Å². The average molecular weight is 319 g/mol. The molecule has 0 N–H and O–H groups in total. The lowest BCUT2D eigenvalue weighted by Gasteiger charge is -2.19. The molecule has 1 atom stereocenters. The summed E-state index contributed by atoms with van der Waals surface area (Å²) in [6.45, 7) is 4.38. The number of esters is 1. The second-order valence-corrected chi connectivity index (χ2v) is 5.19. The number of carbonyl (C=O) groups excluding carboxylic acids is 2. The van der Waals surface area contributed by atoms with Crippen molar-refractivity contribution in [3.63, 3.8) is 0 Å².